The number of nitrogens with zero attached hydrogens (tertiary/aromatic N) is 2. The fourth-order valence-corrected chi connectivity index (χ4v) is 5.14. The molecule has 4 rings (SSSR count). The largest absolute Gasteiger partial charge is 0.493 e. The van der Waals surface area contributed by atoms with Crippen molar-refractivity contribution in [2.45, 2.75) is 31.7 Å². The topological polar surface area (TPSA) is 60.9 Å². The predicted octanol–water partition coefficient (Wildman–Crippen LogP) is 4.62. The van der Waals surface area contributed by atoms with Crippen molar-refractivity contribution < 1.29 is 19.0 Å². The van der Waals surface area contributed by atoms with E-state index in [0.29, 0.717) is 30.1 Å². The molecule has 0 aliphatic carbocycles. The number of likely N-dealkylation sites (tertiary alicyclic amines) is 1. The first-order chi connectivity index (χ1) is 14.6. The summed E-state index contributed by atoms with van der Waals surface area (Å²) in [6.07, 6.45) is 3.02. The summed E-state index contributed by atoms with van der Waals surface area (Å²) in [5.41, 5.74) is 1.99. The number of ether oxygens (including phenoxy) is 3. The number of methoxy groups -OCH3 is 3. The van der Waals surface area contributed by atoms with Crippen LogP contribution in [0.4, 0.5) is 0 Å². The van der Waals surface area contributed by atoms with Crippen molar-refractivity contribution >= 4 is 27.5 Å². The summed E-state index contributed by atoms with van der Waals surface area (Å²) in [6.45, 7) is 0.786. The Morgan fingerprint density at radius 1 is 1.13 bits per heavy atom. The SMILES string of the molecule is COc1cc(CCC(=O)N2CCC[C@H]2c2nc3ccccc3s2)cc(OC)c1OC. The smallest absolute Gasteiger partial charge is 0.223 e. The summed E-state index contributed by atoms with van der Waals surface area (Å²) in [7, 11) is 4.78. The number of amides is 1. The summed E-state index contributed by atoms with van der Waals surface area (Å²) in [5.74, 6) is 1.93. The molecule has 0 radical (unpaired) electrons. The number of fused-ring (bicyclic) bond motifs is 1. The number of para-hydroxylation sites is 1. The van der Waals surface area contributed by atoms with Crippen LogP contribution in [0.5, 0.6) is 17.2 Å². The Balaban J connectivity index is 1.48. The van der Waals surface area contributed by atoms with Gasteiger partial charge >= 0.3 is 0 Å². The molecule has 7 heteroatoms. The molecule has 158 valence electrons. The standard InChI is InChI=1S/C23H26N2O4S/c1-27-18-13-15(14-19(28-2)22(18)29-3)10-11-21(26)25-12-6-8-17(25)23-24-16-7-4-5-9-20(16)30-23/h4-5,7,9,13-14,17H,6,8,10-12H2,1-3H3/t17-/m0/s1. The summed E-state index contributed by atoms with van der Waals surface area (Å²) in [5, 5.41) is 1.04. The number of carbonyl (C=O) groups excluding carboxylic acids is 1. The molecule has 1 saturated heterocycles. The maximum atomic E-state index is 13.1. The van der Waals surface area contributed by atoms with Gasteiger partial charge in [0.1, 0.15) is 5.01 Å². The van der Waals surface area contributed by atoms with Crippen LogP contribution in [0.15, 0.2) is 36.4 Å². The lowest BCUT2D eigenvalue weighted by molar-refractivity contribution is -0.132. The van der Waals surface area contributed by atoms with Crippen LogP contribution >= 0.6 is 11.3 Å². The van der Waals surface area contributed by atoms with E-state index in [4.69, 9.17) is 19.2 Å². The lowest BCUT2D eigenvalue weighted by Gasteiger charge is -2.23. The van der Waals surface area contributed by atoms with Crippen LogP contribution in [0.2, 0.25) is 0 Å². The lowest BCUT2D eigenvalue weighted by atomic mass is 10.1. The highest BCUT2D eigenvalue weighted by atomic mass is 32.1. The Bertz CT molecular complexity index is 991. The van der Waals surface area contributed by atoms with Gasteiger partial charge in [0.15, 0.2) is 11.5 Å². The molecular formula is C23H26N2O4S. The molecule has 0 unspecified atom stereocenters. The van der Waals surface area contributed by atoms with Gasteiger partial charge in [-0.1, -0.05) is 12.1 Å². The van der Waals surface area contributed by atoms with Crippen LogP contribution in [-0.2, 0) is 11.2 Å². The maximum Gasteiger partial charge on any atom is 0.223 e. The molecule has 0 N–H and O–H groups in total. The van der Waals surface area contributed by atoms with E-state index in [2.05, 4.69) is 6.07 Å². The monoisotopic (exact) mass is 426 g/mol. The van der Waals surface area contributed by atoms with Gasteiger partial charge in [-0.25, -0.2) is 4.98 Å². The van der Waals surface area contributed by atoms with Gasteiger partial charge in [0.2, 0.25) is 11.7 Å². The predicted molar refractivity (Wildman–Crippen MR) is 118 cm³/mol. The van der Waals surface area contributed by atoms with Gasteiger partial charge in [0.25, 0.3) is 0 Å². The van der Waals surface area contributed by atoms with Crippen molar-refractivity contribution in [3.63, 3.8) is 0 Å². The molecule has 0 saturated carbocycles. The number of rotatable bonds is 7. The number of hydrogen-bond donors (Lipinski definition) is 0. The quantitative estimate of drug-likeness (QED) is 0.552. The van der Waals surface area contributed by atoms with E-state index in [1.54, 1.807) is 32.7 Å². The van der Waals surface area contributed by atoms with Crippen LogP contribution in [0.1, 0.15) is 35.9 Å². The third-order valence-corrected chi connectivity index (χ3v) is 6.66. The van der Waals surface area contributed by atoms with Crippen molar-refractivity contribution in [1.29, 1.82) is 0 Å². The Kier molecular flexibility index (Phi) is 6.08. The Morgan fingerprint density at radius 3 is 2.53 bits per heavy atom. The van der Waals surface area contributed by atoms with E-state index in [1.807, 2.05) is 35.2 Å². The summed E-state index contributed by atoms with van der Waals surface area (Å²) >= 11 is 1.69. The molecule has 6 nitrogen and oxygen atoms in total. The number of benzene rings is 2. The van der Waals surface area contributed by atoms with Gasteiger partial charge < -0.3 is 19.1 Å². The molecule has 1 amide bonds. The zero-order chi connectivity index (χ0) is 21.1. The molecule has 1 fully saturated rings. The van der Waals surface area contributed by atoms with Crippen molar-refractivity contribution in [1.82, 2.24) is 9.88 Å². The Morgan fingerprint density at radius 2 is 1.87 bits per heavy atom. The molecule has 2 aromatic carbocycles. The molecule has 1 aliphatic heterocycles. The van der Waals surface area contributed by atoms with Crippen molar-refractivity contribution in [2.24, 2.45) is 0 Å². The third kappa shape index (κ3) is 3.94. The number of aryl methyl sites for hydroxylation is 1. The molecule has 0 spiro atoms. The zero-order valence-corrected chi connectivity index (χ0v) is 18.3. The van der Waals surface area contributed by atoms with E-state index in [-0.39, 0.29) is 11.9 Å². The van der Waals surface area contributed by atoms with Gasteiger partial charge in [-0.3, -0.25) is 4.79 Å². The van der Waals surface area contributed by atoms with E-state index in [1.165, 1.54) is 4.70 Å². The first kappa shape index (κ1) is 20.5. The molecule has 30 heavy (non-hydrogen) atoms. The molecule has 2 heterocycles. The van der Waals surface area contributed by atoms with E-state index in [0.717, 1.165) is 35.5 Å². The zero-order valence-electron chi connectivity index (χ0n) is 17.5. The maximum absolute atomic E-state index is 13.1. The Labute approximate surface area is 180 Å². The average Bonchev–Trinajstić information content (AvgIpc) is 3.43. The molecule has 0 bridgehead atoms. The van der Waals surface area contributed by atoms with Crippen molar-refractivity contribution in [3.8, 4) is 17.2 Å². The normalized spacial score (nSPS) is 16.1. The van der Waals surface area contributed by atoms with Gasteiger partial charge in [-0.15, -0.1) is 11.3 Å². The Hall–Kier alpha value is -2.80. The third-order valence-electron chi connectivity index (χ3n) is 5.52. The second kappa shape index (κ2) is 8.92. The van der Waals surface area contributed by atoms with E-state index >= 15 is 0 Å². The molecular weight excluding hydrogens is 400 g/mol. The second-order valence-corrected chi connectivity index (χ2v) is 8.36. The van der Waals surface area contributed by atoms with Crippen LogP contribution in [0.25, 0.3) is 10.2 Å². The van der Waals surface area contributed by atoms with E-state index < -0.39 is 0 Å². The van der Waals surface area contributed by atoms with Crippen LogP contribution in [0.3, 0.4) is 0 Å². The summed E-state index contributed by atoms with van der Waals surface area (Å²) in [6, 6.07) is 12.0. The van der Waals surface area contributed by atoms with Gasteiger partial charge in [0, 0.05) is 13.0 Å². The second-order valence-electron chi connectivity index (χ2n) is 7.30. The molecule has 3 aromatic rings. The van der Waals surface area contributed by atoms with Gasteiger partial charge in [-0.05, 0) is 49.1 Å². The highest BCUT2D eigenvalue weighted by Crippen LogP contribution is 2.39. The fourth-order valence-electron chi connectivity index (χ4n) is 4.03. The van der Waals surface area contributed by atoms with Crippen molar-refractivity contribution in [2.75, 3.05) is 27.9 Å². The lowest BCUT2D eigenvalue weighted by Crippen LogP contribution is -2.30. The summed E-state index contributed by atoms with van der Waals surface area (Å²) < 4.78 is 17.4. The summed E-state index contributed by atoms with van der Waals surface area (Å²) in [4.78, 5) is 19.8. The minimum Gasteiger partial charge on any atom is -0.493 e. The average molecular weight is 427 g/mol. The minimum atomic E-state index is 0.0786. The van der Waals surface area contributed by atoms with Gasteiger partial charge in [-0.2, -0.15) is 0 Å². The highest BCUT2D eigenvalue weighted by Gasteiger charge is 2.32. The molecule has 1 aromatic heterocycles. The molecule has 1 atom stereocenters. The number of carbonyl (C=O) groups is 1. The first-order valence-electron chi connectivity index (χ1n) is 10.1. The van der Waals surface area contributed by atoms with Crippen LogP contribution in [-0.4, -0.2) is 43.7 Å². The number of aromatic nitrogens is 1. The van der Waals surface area contributed by atoms with Crippen LogP contribution in [0, 0.1) is 0 Å². The van der Waals surface area contributed by atoms with Gasteiger partial charge in [0.05, 0.1) is 37.6 Å². The minimum absolute atomic E-state index is 0.0786. The van der Waals surface area contributed by atoms with Crippen LogP contribution < -0.4 is 14.2 Å². The van der Waals surface area contributed by atoms with Crippen molar-refractivity contribution in [3.05, 3.63) is 47.0 Å². The van der Waals surface area contributed by atoms with E-state index in [9.17, 15) is 4.79 Å². The highest BCUT2D eigenvalue weighted by molar-refractivity contribution is 7.18. The molecule has 1 aliphatic rings. The first-order valence-corrected chi connectivity index (χ1v) is 10.9. The number of hydrogen-bond acceptors (Lipinski definition) is 6. The fraction of sp³-hybridized carbons (Fsp3) is 0.391. The number of thiazole rings is 1.